The molecule has 2 rings (SSSR count). The van der Waals surface area contributed by atoms with E-state index in [0.29, 0.717) is 25.9 Å². The molecule has 0 aromatic carbocycles. The first-order chi connectivity index (χ1) is 9.66. The van der Waals surface area contributed by atoms with Crippen LogP contribution in [0, 0.1) is 0 Å². The number of rotatable bonds is 8. The second-order valence-corrected chi connectivity index (χ2v) is 6.50. The van der Waals surface area contributed by atoms with Gasteiger partial charge in [0.2, 0.25) is 0 Å². The quantitative estimate of drug-likeness (QED) is 0.680. The highest BCUT2D eigenvalue weighted by atomic mass is 35.5. The van der Waals surface area contributed by atoms with Gasteiger partial charge in [0.15, 0.2) is 11.6 Å². The highest BCUT2D eigenvalue weighted by Gasteiger charge is 2.11. The molecule has 0 fully saturated rings. The summed E-state index contributed by atoms with van der Waals surface area (Å²) in [7, 11) is 1.95. The molecular weight excluding hydrogens is 326 g/mol. The van der Waals surface area contributed by atoms with Crippen molar-refractivity contribution in [3.8, 4) is 0 Å². The van der Waals surface area contributed by atoms with Gasteiger partial charge >= 0.3 is 0 Å². The first kappa shape index (κ1) is 18.0. The van der Waals surface area contributed by atoms with Crippen molar-refractivity contribution in [2.75, 3.05) is 20.1 Å². The maximum Gasteiger partial charge on any atom is 0.174 e. The summed E-state index contributed by atoms with van der Waals surface area (Å²) >= 11 is 2.96. The van der Waals surface area contributed by atoms with Gasteiger partial charge in [0, 0.05) is 25.9 Å². The maximum absolute atomic E-state index is 11.9. The van der Waals surface area contributed by atoms with Gasteiger partial charge in [-0.15, -0.1) is 35.1 Å². The van der Waals surface area contributed by atoms with E-state index in [1.165, 1.54) is 22.7 Å². The standard InChI is InChI=1S/C15H17NO2S2.ClH/c1-16(8-6-12(17)14-4-2-10-19-14)9-7-13(18)15-5-3-11-20-15;/h2-5,10-11H,6-9H2,1H3;1H. The van der Waals surface area contributed by atoms with Crippen molar-refractivity contribution in [3.05, 3.63) is 44.8 Å². The largest absolute Gasteiger partial charge is 0.305 e. The molecule has 0 N–H and O–H groups in total. The van der Waals surface area contributed by atoms with Crippen molar-refractivity contribution in [1.82, 2.24) is 4.90 Å². The van der Waals surface area contributed by atoms with Crippen LogP contribution in [0.2, 0.25) is 0 Å². The number of carbonyl (C=O) groups excluding carboxylic acids is 2. The molecule has 0 aliphatic heterocycles. The summed E-state index contributed by atoms with van der Waals surface area (Å²) < 4.78 is 0. The second-order valence-electron chi connectivity index (χ2n) is 4.60. The van der Waals surface area contributed by atoms with Gasteiger partial charge in [-0.3, -0.25) is 9.59 Å². The third-order valence-corrected chi connectivity index (χ3v) is 4.85. The summed E-state index contributed by atoms with van der Waals surface area (Å²) in [5.74, 6) is 0.355. The number of nitrogens with zero attached hydrogens (tertiary/aromatic N) is 1. The van der Waals surface area contributed by atoms with Crippen LogP contribution in [0.5, 0.6) is 0 Å². The predicted molar refractivity (Wildman–Crippen MR) is 91.3 cm³/mol. The van der Waals surface area contributed by atoms with Crippen molar-refractivity contribution < 1.29 is 9.59 Å². The van der Waals surface area contributed by atoms with E-state index in [4.69, 9.17) is 0 Å². The molecule has 0 aliphatic carbocycles. The Morgan fingerprint density at radius 1 is 0.952 bits per heavy atom. The smallest absolute Gasteiger partial charge is 0.174 e. The van der Waals surface area contributed by atoms with Crippen LogP contribution in [0.3, 0.4) is 0 Å². The third kappa shape index (κ3) is 5.71. The predicted octanol–water partition coefficient (Wildman–Crippen LogP) is 4.01. The second kappa shape index (κ2) is 9.10. The average molecular weight is 344 g/mol. The highest BCUT2D eigenvalue weighted by Crippen LogP contribution is 2.13. The van der Waals surface area contributed by atoms with E-state index in [2.05, 4.69) is 0 Å². The molecule has 2 heterocycles. The van der Waals surface area contributed by atoms with Gasteiger partial charge in [-0.05, 0) is 29.9 Å². The maximum atomic E-state index is 11.9. The van der Waals surface area contributed by atoms with Crippen LogP contribution >= 0.6 is 35.1 Å². The zero-order valence-electron chi connectivity index (χ0n) is 11.8. The van der Waals surface area contributed by atoms with Crippen LogP contribution in [-0.2, 0) is 0 Å². The zero-order chi connectivity index (χ0) is 14.4. The van der Waals surface area contributed by atoms with Gasteiger partial charge in [0.25, 0.3) is 0 Å². The molecule has 0 unspecified atom stereocenters. The number of halogens is 1. The van der Waals surface area contributed by atoms with E-state index >= 15 is 0 Å². The molecule has 2 aromatic rings. The Hall–Kier alpha value is -1.01. The van der Waals surface area contributed by atoms with Gasteiger partial charge in [0.05, 0.1) is 9.75 Å². The number of thiophene rings is 2. The van der Waals surface area contributed by atoms with Crippen LogP contribution in [0.15, 0.2) is 35.0 Å². The van der Waals surface area contributed by atoms with E-state index in [1.54, 1.807) is 0 Å². The summed E-state index contributed by atoms with van der Waals surface area (Å²) in [6, 6.07) is 7.49. The average Bonchev–Trinajstić information content (AvgIpc) is 3.14. The lowest BCUT2D eigenvalue weighted by molar-refractivity contribution is 0.0960. The summed E-state index contributed by atoms with van der Waals surface area (Å²) in [5.41, 5.74) is 0. The SMILES string of the molecule is CN(CCC(=O)c1cccs1)CCC(=O)c1cccs1.Cl. The van der Waals surface area contributed by atoms with Crippen LogP contribution in [0.1, 0.15) is 32.2 Å². The minimum absolute atomic E-state index is 0. The lowest BCUT2D eigenvalue weighted by atomic mass is 10.2. The molecule has 114 valence electrons. The fourth-order valence-corrected chi connectivity index (χ4v) is 3.21. The summed E-state index contributed by atoms with van der Waals surface area (Å²) in [5, 5.41) is 3.83. The molecule has 0 radical (unpaired) electrons. The minimum Gasteiger partial charge on any atom is -0.305 e. The van der Waals surface area contributed by atoms with Gasteiger partial charge in [-0.25, -0.2) is 0 Å². The minimum atomic E-state index is 0. The Morgan fingerprint density at radius 3 is 1.71 bits per heavy atom. The molecule has 0 aliphatic rings. The van der Waals surface area contributed by atoms with E-state index in [1.807, 2.05) is 47.0 Å². The Morgan fingerprint density at radius 2 is 1.38 bits per heavy atom. The molecule has 2 aromatic heterocycles. The van der Waals surface area contributed by atoms with Crippen LogP contribution in [0.4, 0.5) is 0 Å². The lowest BCUT2D eigenvalue weighted by Gasteiger charge is -2.14. The number of hydrogen-bond donors (Lipinski definition) is 0. The number of ketones is 2. The molecule has 0 bridgehead atoms. The van der Waals surface area contributed by atoms with Gasteiger partial charge < -0.3 is 4.90 Å². The number of Topliss-reactive ketones (excluding diaryl/α,β-unsaturated/α-hetero) is 2. The summed E-state index contributed by atoms with van der Waals surface area (Å²) in [6.07, 6.45) is 1.01. The molecule has 0 saturated heterocycles. The molecule has 6 heteroatoms. The number of carbonyl (C=O) groups is 2. The van der Waals surface area contributed by atoms with E-state index < -0.39 is 0 Å². The molecule has 3 nitrogen and oxygen atoms in total. The van der Waals surface area contributed by atoms with Gasteiger partial charge in [0.1, 0.15) is 0 Å². The molecular formula is C15H18ClNO2S2. The van der Waals surface area contributed by atoms with Crippen molar-refractivity contribution in [2.24, 2.45) is 0 Å². The first-order valence-electron chi connectivity index (χ1n) is 6.49. The van der Waals surface area contributed by atoms with Crippen molar-refractivity contribution in [3.63, 3.8) is 0 Å². The van der Waals surface area contributed by atoms with Crippen LogP contribution in [0.25, 0.3) is 0 Å². The first-order valence-corrected chi connectivity index (χ1v) is 8.24. The van der Waals surface area contributed by atoms with Gasteiger partial charge in [-0.2, -0.15) is 0 Å². The molecule has 0 spiro atoms. The summed E-state index contributed by atoms with van der Waals surface area (Å²) in [6.45, 7) is 1.38. The molecule has 0 saturated carbocycles. The molecule has 0 amide bonds. The normalized spacial score (nSPS) is 10.4. The van der Waals surface area contributed by atoms with Crippen molar-refractivity contribution in [2.45, 2.75) is 12.8 Å². The Balaban J connectivity index is 0.00000220. The molecule has 21 heavy (non-hydrogen) atoms. The van der Waals surface area contributed by atoms with E-state index in [9.17, 15) is 9.59 Å². The Labute approximate surface area is 139 Å². The molecule has 0 atom stereocenters. The number of hydrogen-bond acceptors (Lipinski definition) is 5. The van der Waals surface area contributed by atoms with Crippen LogP contribution in [-0.4, -0.2) is 36.6 Å². The zero-order valence-corrected chi connectivity index (χ0v) is 14.2. The van der Waals surface area contributed by atoms with E-state index in [0.717, 1.165) is 9.75 Å². The highest BCUT2D eigenvalue weighted by molar-refractivity contribution is 7.12. The Bertz CT molecular complexity index is 502. The third-order valence-electron chi connectivity index (χ3n) is 3.03. The topological polar surface area (TPSA) is 37.4 Å². The monoisotopic (exact) mass is 343 g/mol. The van der Waals surface area contributed by atoms with Crippen molar-refractivity contribution >= 4 is 46.6 Å². The lowest BCUT2D eigenvalue weighted by Crippen LogP contribution is -2.24. The van der Waals surface area contributed by atoms with Gasteiger partial charge in [-0.1, -0.05) is 12.1 Å². The Kier molecular flexibility index (Phi) is 7.82. The van der Waals surface area contributed by atoms with Crippen LogP contribution < -0.4 is 0 Å². The van der Waals surface area contributed by atoms with E-state index in [-0.39, 0.29) is 24.0 Å². The fraction of sp³-hybridized carbons (Fsp3) is 0.333. The summed E-state index contributed by atoms with van der Waals surface area (Å²) in [4.78, 5) is 27.4. The fourth-order valence-electron chi connectivity index (χ4n) is 1.82. The van der Waals surface area contributed by atoms with Crippen molar-refractivity contribution in [1.29, 1.82) is 0 Å².